The highest BCUT2D eigenvalue weighted by Crippen LogP contribution is 2.68. The average molecular weight is 348 g/mol. The molecule has 0 aliphatic heterocycles. The van der Waals surface area contributed by atoms with E-state index in [1.54, 1.807) is 0 Å². The fourth-order valence-corrected chi connectivity index (χ4v) is 7.75. The third-order valence-electron chi connectivity index (χ3n) is 9.36. The average Bonchev–Trinajstić information content (AvgIpc) is 2.85. The van der Waals surface area contributed by atoms with Crippen molar-refractivity contribution in [2.45, 2.75) is 83.3 Å². The molecule has 0 aromatic rings. The molecule has 0 saturated heterocycles. The monoisotopic (exact) mass is 347 g/mol. The van der Waals surface area contributed by atoms with E-state index in [0.29, 0.717) is 23.2 Å². The maximum atomic E-state index is 11.3. The van der Waals surface area contributed by atoms with Crippen molar-refractivity contribution >= 4 is 0 Å². The number of aliphatic hydroxyl groups excluding tert-OH is 1. The summed E-state index contributed by atoms with van der Waals surface area (Å²) in [5.41, 5.74) is 8.15. The Labute approximate surface area is 150 Å². The minimum atomic E-state index is -0.824. The normalized spacial score (nSPS) is 54.8. The van der Waals surface area contributed by atoms with E-state index < -0.39 is 5.60 Å². The molecule has 4 fully saturated rings. The Morgan fingerprint density at radius 3 is 2.56 bits per heavy atom. The molecular weight excluding hydrogens is 314 g/mol. The molecule has 0 aromatic heterocycles. The zero-order chi connectivity index (χ0) is 17.9. The molecule has 140 valence electrons. The van der Waals surface area contributed by atoms with Gasteiger partial charge in [-0.3, -0.25) is 0 Å². The second-order valence-electron chi connectivity index (χ2n) is 10.0. The number of hydrogen-bond acceptors (Lipinski definition) is 3. The van der Waals surface area contributed by atoms with Gasteiger partial charge in [0, 0.05) is 4.91 Å². The summed E-state index contributed by atoms with van der Waals surface area (Å²) in [5, 5.41) is 25.2. The van der Waals surface area contributed by atoms with E-state index in [-0.39, 0.29) is 18.1 Å². The highest BCUT2D eigenvalue weighted by atomic mass is 16.3. The summed E-state index contributed by atoms with van der Waals surface area (Å²) < 4.78 is 0. The molecule has 0 spiro atoms. The molecule has 0 heterocycles. The first-order valence-corrected chi connectivity index (χ1v) is 10.3. The van der Waals surface area contributed by atoms with Crippen LogP contribution in [0.4, 0.5) is 0 Å². The van der Waals surface area contributed by atoms with Gasteiger partial charge in [0.15, 0.2) is 0 Å². The van der Waals surface area contributed by atoms with Crippen LogP contribution in [-0.2, 0) is 0 Å². The quantitative estimate of drug-likeness (QED) is 0.439. The molecule has 5 nitrogen and oxygen atoms in total. The molecular formula is C20H33N3O2. The number of fused-ring (bicyclic) bond motifs is 5. The van der Waals surface area contributed by atoms with Crippen LogP contribution in [0, 0.1) is 34.5 Å². The van der Waals surface area contributed by atoms with Gasteiger partial charge in [-0.1, -0.05) is 19.0 Å². The smallest absolute Gasteiger partial charge is 0.0760 e. The van der Waals surface area contributed by atoms with E-state index in [1.807, 2.05) is 0 Å². The third-order valence-corrected chi connectivity index (χ3v) is 9.36. The molecule has 4 saturated carbocycles. The molecule has 0 bridgehead atoms. The Balaban J connectivity index is 1.61. The lowest BCUT2D eigenvalue weighted by molar-refractivity contribution is -0.155. The zero-order valence-electron chi connectivity index (χ0n) is 15.7. The van der Waals surface area contributed by atoms with Crippen molar-refractivity contribution in [3.8, 4) is 0 Å². The number of azide groups is 1. The van der Waals surface area contributed by atoms with Crippen LogP contribution in [0.2, 0.25) is 0 Å². The van der Waals surface area contributed by atoms with Crippen LogP contribution >= 0.6 is 0 Å². The van der Waals surface area contributed by atoms with Gasteiger partial charge >= 0.3 is 0 Å². The molecule has 25 heavy (non-hydrogen) atoms. The largest absolute Gasteiger partial charge is 0.393 e. The first-order valence-electron chi connectivity index (χ1n) is 10.3. The third kappa shape index (κ3) is 2.39. The van der Waals surface area contributed by atoms with Crippen molar-refractivity contribution in [2.24, 2.45) is 39.6 Å². The van der Waals surface area contributed by atoms with Crippen molar-refractivity contribution in [2.75, 3.05) is 6.54 Å². The maximum Gasteiger partial charge on any atom is 0.0760 e. The van der Waals surface area contributed by atoms with Gasteiger partial charge in [-0.15, -0.1) is 0 Å². The SMILES string of the molecule is C[C@]12CC[C@@H](O)C[C@H]1CC[C@@H]1[C@@H]2CC[C@@]2(C)[C@H]1CC[C@]2(O)CN=[N+]=[N-]. The standard InChI is InChI=1S/C20H33N3O2/c1-18-8-5-14(24)11-13(18)3-4-15-16(18)6-9-19(2)17(15)7-10-20(19,25)12-22-23-21/h13-17,24-25H,3-12H2,1-2H3/t13-,14-,15-,16+,17+,18+,19+,20+/m1/s1. The van der Waals surface area contributed by atoms with Gasteiger partial charge in [0.25, 0.3) is 0 Å². The second-order valence-corrected chi connectivity index (χ2v) is 10.0. The summed E-state index contributed by atoms with van der Waals surface area (Å²) in [6.07, 6.45) is 9.55. The summed E-state index contributed by atoms with van der Waals surface area (Å²) in [6, 6.07) is 0. The number of hydrogen-bond donors (Lipinski definition) is 2. The van der Waals surface area contributed by atoms with E-state index in [4.69, 9.17) is 5.53 Å². The number of nitrogens with zero attached hydrogens (tertiary/aromatic N) is 3. The van der Waals surface area contributed by atoms with Crippen molar-refractivity contribution in [1.29, 1.82) is 0 Å². The van der Waals surface area contributed by atoms with E-state index in [1.165, 1.54) is 19.3 Å². The van der Waals surface area contributed by atoms with Crippen LogP contribution in [0.15, 0.2) is 5.11 Å². The van der Waals surface area contributed by atoms with Gasteiger partial charge in [0.1, 0.15) is 0 Å². The van der Waals surface area contributed by atoms with Crippen molar-refractivity contribution < 1.29 is 10.2 Å². The highest BCUT2D eigenvalue weighted by molar-refractivity contribution is 5.14. The fraction of sp³-hybridized carbons (Fsp3) is 1.00. The lowest BCUT2D eigenvalue weighted by Crippen LogP contribution is -2.57. The molecule has 4 rings (SSSR count). The molecule has 0 aromatic carbocycles. The summed E-state index contributed by atoms with van der Waals surface area (Å²) >= 11 is 0. The molecule has 5 heteroatoms. The summed E-state index contributed by atoms with van der Waals surface area (Å²) in [6.45, 7) is 4.97. The lowest BCUT2D eigenvalue weighted by atomic mass is 9.44. The Bertz CT molecular complexity index is 591. The topological polar surface area (TPSA) is 89.2 Å². The predicted octanol–water partition coefficient (Wildman–Crippen LogP) is 4.43. The van der Waals surface area contributed by atoms with E-state index in [0.717, 1.165) is 44.4 Å². The number of aliphatic hydroxyl groups is 2. The van der Waals surface area contributed by atoms with Crippen molar-refractivity contribution in [3.63, 3.8) is 0 Å². The Kier molecular flexibility index (Phi) is 4.14. The highest BCUT2D eigenvalue weighted by Gasteiger charge is 2.64. The van der Waals surface area contributed by atoms with Gasteiger partial charge in [0.2, 0.25) is 0 Å². The lowest BCUT2D eigenvalue weighted by Gasteiger charge is -2.61. The molecule has 0 radical (unpaired) electrons. The second kappa shape index (κ2) is 5.87. The minimum absolute atomic E-state index is 0.0936. The van der Waals surface area contributed by atoms with Crippen LogP contribution < -0.4 is 0 Å². The molecule has 2 N–H and O–H groups in total. The minimum Gasteiger partial charge on any atom is -0.393 e. The van der Waals surface area contributed by atoms with E-state index >= 15 is 0 Å². The molecule has 0 unspecified atom stereocenters. The van der Waals surface area contributed by atoms with Crippen LogP contribution in [0.1, 0.15) is 71.6 Å². The van der Waals surface area contributed by atoms with Crippen molar-refractivity contribution in [1.82, 2.24) is 0 Å². The fourth-order valence-electron chi connectivity index (χ4n) is 7.75. The molecule has 8 atom stereocenters. The van der Waals surface area contributed by atoms with Gasteiger partial charge in [-0.25, -0.2) is 0 Å². The van der Waals surface area contributed by atoms with Gasteiger partial charge < -0.3 is 10.2 Å². The summed E-state index contributed by atoms with van der Waals surface area (Å²) in [4.78, 5) is 2.91. The van der Waals surface area contributed by atoms with Crippen LogP contribution in [0.5, 0.6) is 0 Å². The van der Waals surface area contributed by atoms with E-state index in [2.05, 4.69) is 23.9 Å². The first-order chi connectivity index (χ1) is 11.8. The first kappa shape index (κ1) is 17.6. The van der Waals surface area contributed by atoms with Crippen LogP contribution in [-0.4, -0.2) is 28.5 Å². The maximum absolute atomic E-state index is 11.3. The Morgan fingerprint density at radius 2 is 1.80 bits per heavy atom. The Morgan fingerprint density at radius 1 is 1.04 bits per heavy atom. The van der Waals surface area contributed by atoms with Crippen molar-refractivity contribution in [3.05, 3.63) is 10.4 Å². The summed E-state index contributed by atoms with van der Waals surface area (Å²) in [7, 11) is 0. The van der Waals surface area contributed by atoms with Crippen LogP contribution in [0.25, 0.3) is 10.4 Å². The number of rotatable bonds is 2. The molecule has 0 amide bonds. The Hall–Kier alpha value is -0.770. The van der Waals surface area contributed by atoms with Gasteiger partial charge in [-0.05, 0) is 97.8 Å². The molecule has 4 aliphatic rings. The molecule has 4 aliphatic carbocycles. The van der Waals surface area contributed by atoms with Crippen LogP contribution in [0.3, 0.4) is 0 Å². The predicted molar refractivity (Wildman–Crippen MR) is 96.7 cm³/mol. The zero-order valence-corrected chi connectivity index (χ0v) is 15.7. The van der Waals surface area contributed by atoms with Gasteiger partial charge in [0.05, 0.1) is 18.2 Å². The van der Waals surface area contributed by atoms with Gasteiger partial charge in [-0.2, -0.15) is 0 Å². The van der Waals surface area contributed by atoms with E-state index in [9.17, 15) is 10.2 Å². The summed E-state index contributed by atoms with van der Waals surface area (Å²) in [5.74, 6) is 2.65.